The van der Waals surface area contributed by atoms with Crippen LogP contribution in [-0.2, 0) is 9.53 Å². The molecule has 0 aromatic rings. The van der Waals surface area contributed by atoms with Gasteiger partial charge in [-0.15, -0.1) is 0 Å². The first kappa shape index (κ1) is 10.5. The summed E-state index contributed by atoms with van der Waals surface area (Å²) in [5.41, 5.74) is 0. The molecule has 3 nitrogen and oxygen atoms in total. The molecule has 3 heteroatoms. The number of hydrogen-bond acceptors (Lipinski definition) is 2. The average molecular weight is 185 g/mol. The van der Waals surface area contributed by atoms with Crippen molar-refractivity contribution in [3.05, 3.63) is 0 Å². The molecule has 1 heterocycles. The van der Waals surface area contributed by atoms with E-state index in [1.807, 2.05) is 13.8 Å². The van der Waals surface area contributed by atoms with Crippen LogP contribution in [0, 0.1) is 5.92 Å². The maximum Gasteiger partial charge on any atom is 0.222 e. The van der Waals surface area contributed by atoms with E-state index in [9.17, 15) is 4.79 Å². The van der Waals surface area contributed by atoms with Crippen LogP contribution in [0.15, 0.2) is 0 Å². The predicted octanol–water partition coefficient (Wildman–Crippen LogP) is 1.33. The largest absolute Gasteiger partial charge is 0.378 e. The number of carbonyl (C=O) groups is 1. The van der Waals surface area contributed by atoms with Crippen molar-refractivity contribution in [2.24, 2.45) is 5.92 Å². The van der Waals surface area contributed by atoms with Crippen LogP contribution >= 0.6 is 0 Å². The molecular weight excluding hydrogens is 166 g/mol. The Balaban J connectivity index is 2.03. The number of amides is 1. The molecule has 0 bridgehead atoms. The van der Waals surface area contributed by atoms with E-state index in [0.717, 1.165) is 26.0 Å². The molecule has 0 aliphatic carbocycles. The average Bonchev–Trinajstić information content (AvgIpc) is 2.56. The van der Waals surface area contributed by atoms with Gasteiger partial charge in [0, 0.05) is 19.1 Å². The first-order chi connectivity index (χ1) is 6.20. The van der Waals surface area contributed by atoms with Gasteiger partial charge < -0.3 is 10.1 Å². The van der Waals surface area contributed by atoms with Crippen LogP contribution in [0.1, 0.15) is 33.1 Å². The molecular formula is C10H19NO2. The van der Waals surface area contributed by atoms with Crippen LogP contribution in [0.5, 0.6) is 0 Å². The topological polar surface area (TPSA) is 38.3 Å². The summed E-state index contributed by atoms with van der Waals surface area (Å²) in [5.74, 6) is 0.225. The van der Waals surface area contributed by atoms with Gasteiger partial charge >= 0.3 is 0 Å². The normalized spacial score (nSPS) is 22.2. The molecule has 0 aromatic carbocycles. The summed E-state index contributed by atoms with van der Waals surface area (Å²) in [5, 5.41) is 2.89. The van der Waals surface area contributed by atoms with E-state index in [2.05, 4.69) is 5.32 Å². The molecule has 1 aliphatic rings. The Kier molecular flexibility index (Phi) is 4.22. The standard InChI is InChI=1S/C10H19NO2/c1-8(2)10(12)11-6-5-9-4-3-7-13-9/h8-9H,3-7H2,1-2H3,(H,11,12). The molecule has 1 atom stereocenters. The quantitative estimate of drug-likeness (QED) is 0.717. The monoisotopic (exact) mass is 185 g/mol. The maximum absolute atomic E-state index is 11.2. The minimum atomic E-state index is 0.0875. The second-order valence-corrected chi connectivity index (χ2v) is 3.87. The Morgan fingerprint density at radius 1 is 1.62 bits per heavy atom. The fraction of sp³-hybridized carbons (Fsp3) is 0.900. The molecule has 1 N–H and O–H groups in total. The molecule has 0 radical (unpaired) electrons. The third kappa shape index (κ3) is 3.77. The molecule has 1 saturated heterocycles. The molecule has 1 rings (SSSR count). The van der Waals surface area contributed by atoms with Crippen LogP contribution < -0.4 is 5.32 Å². The second kappa shape index (κ2) is 5.22. The van der Waals surface area contributed by atoms with Gasteiger partial charge in [0.25, 0.3) is 0 Å². The first-order valence-electron chi connectivity index (χ1n) is 5.09. The van der Waals surface area contributed by atoms with E-state index in [0.29, 0.717) is 6.10 Å². The fourth-order valence-corrected chi connectivity index (χ4v) is 1.43. The van der Waals surface area contributed by atoms with Crippen molar-refractivity contribution >= 4 is 5.91 Å². The van der Waals surface area contributed by atoms with E-state index < -0.39 is 0 Å². The number of rotatable bonds is 4. The first-order valence-corrected chi connectivity index (χ1v) is 5.09. The van der Waals surface area contributed by atoms with Crippen molar-refractivity contribution < 1.29 is 9.53 Å². The third-order valence-electron chi connectivity index (χ3n) is 2.31. The minimum Gasteiger partial charge on any atom is -0.378 e. The highest BCUT2D eigenvalue weighted by Gasteiger charge is 2.15. The van der Waals surface area contributed by atoms with Crippen molar-refractivity contribution in [3.8, 4) is 0 Å². The third-order valence-corrected chi connectivity index (χ3v) is 2.31. The molecule has 1 aliphatic heterocycles. The van der Waals surface area contributed by atoms with Gasteiger partial charge in [-0.05, 0) is 19.3 Å². The molecule has 1 amide bonds. The number of carbonyl (C=O) groups excluding carboxylic acids is 1. The maximum atomic E-state index is 11.2. The smallest absolute Gasteiger partial charge is 0.222 e. The summed E-state index contributed by atoms with van der Waals surface area (Å²) >= 11 is 0. The van der Waals surface area contributed by atoms with Gasteiger partial charge in [0.2, 0.25) is 5.91 Å². The fourth-order valence-electron chi connectivity index (χ4n) is 1.43. The van der Waals surface area contributed by atoms with Crippen molar-refractivity contribution in [2.45, 2.75) is 39.2 Å². The van der Waals surface area contributed by atoms with Crippen LogP contribution in [0.4, 0.5) is 0 Å². The van der Waals surface area contributed by atoms with Gasteiger partial charge in [0.15, 0.2) is 0 Å². The van der Waals surface area contributed by atoms with Crippen LogP contribution in [0.25, 0.3) is 0 Å². The van der Waals surface area contributed by atoms with Gasteiger partial charge in [0.1, 0.15) is 0 Å². The van der Waals surface area contributed by atoms with Crippen LogP contribution in [-0.4, -0.2) is 25.2 Å². The lowest BCUT2D eigenvalue weighted by molar-refractivity contribution is -0.124. The molecule has 0 saturated carbocycles. The van der Waals surface area contributed by atoms with E-state index in [1.54, 1.807) is 0 Å². The van der Waals surface area contributed by atoms with E-state index in [1.165, 1.54) is 6.42 Å². The van der Waals surface area contributed by atoms with Gasteiger partial charge in [-0.1, -0.05) is 13.8 Å². The number of hydrogen-bond donors (Lipinski definition) is 1. The van der Waals surface area contributed by atoms with Crippen molar-refractivity contribution in [1.82, 2.24) is 5.32 Å². The lowest BCUT2D eigenvalue weighted by atomic mass is 10.1. The lowest BCUT2D eigenvalue weighted by Crippen LogP contribution is -2.30. The van der Waals surface area contributed by atoms with E-state index >= 15 is 0 Å². The zero-order chi connectivity index (χ0) is 9.68. The Labute approximate surface area is 79.8 Å². The zero-order valence-corrected chi connectivity index (χ0v) is 8.51. The van der Waals surface area contributed by atoms with E-state index in [4.69, 9.17) is 4.74 Å². The Morgan fingerprint density at radius 3 is 2.92 bits per heavy atom. The summed E-state index contributed by atoms with van der Waals surface area (Å²) in [7, 11) is 0. The Hall–Kier alpha value is -0.570. The minimum absolute atomic E-state index is 0.0875. The molecule has 76 valence electrons. The highest BCUT2D eigenvalue weighted by atomic mass is 16.5. The summed E-state index contributed by atoms with van der Waals surface area (Å²) in [6.07, 6.45) is 3.66. The second-order valence-electron chi connectivity index (χ2n) is 3.87. The Bertz CT molecular complexity index is 162. The highest BCUT2D eigenvalue weighted by Crippen LogP contribution is 2.14. The zero-order valence-electron chi connectivity index (χ0n) is 8.51. The summed E-state index contributed by atoms with van der Waals surface area (Å²) in [6, 6.07) is 0. The molecule has 0 aromatic heterocycles. The summed E-state index contributed by atoms with van der Waals surface area (Å²) < 4.78 is 5.44. The summed E-state index contributed by atoms with van der Waals surface area (Å²) in [6.45, 7) is 5.45. The van der Waals surface area contributed by atoms with Crippen molar-refractivity contribution in [3.63, 3.8) is 0 Å². The van der Waals surface area contributed by atoms with Crippen molar-refractivity contribution in [1.29, 1.82) is 0 Å². The van der Waals surface area contributed by atoms with Gasteiger partial charge in [-0.25, -0.2) is 0 Å². The van der Waals surface area contributed by atoms with Gasteiger partial charge in [-0.3, -0.25) is 4.79 Å². The molecule has 1 fully saturated rings. The van der Waals surface area contributed by atoms with Crippen LogP contribution in [0.3, 0.4) is 0 Å². The summed E-state index contributed by atoms with van der Waals surface area (Å²) in [4.78, 5) is 11.2. The van der Waals surface area contributed by atoms with Crippen molar-refractivity contribution in [2.75, 3.05) is 13.2 Å². The van der Waals surface area contributed by atoms with Gasteiger partial charge in [0.05, 0.1) is 6.10 Å². The Morgan fingerprint density at radius 2 is 2.38 bits per heavy atom. The number of ether oxygens (including phenoxy) is 1. The van der Waals surface area contributed by atoms with Crippen LogP contribution in [0.2, 0.25) is 0 Å². The lowest BCUT2D eigenvalue weighted by Gasteiger charge is -2.11. The number of nitrogens with one attached hydrogen (secondary N) is 1. The SMILES string of the molecule is CC(C)C(=O)NCCC1CCCO1. The highest BCUT2D eigenvalue weighted by molar-refractivity contribution is 5.77. The van der Waals surface area contributed by atoms with E-state index in [-0.39, 0.29) is 11.8 Å². The van der Waals surface area contributed by atoms with Gasteiger partial charge in [-0.2, -0.15) is 0 Å². The predicted molar refractivity (Wildman–Crippen MR) is 51.4 cm³/mol. The molecule has 13 heavy (non-hydrogen) atoms. The molecule has 1 unspecified atom stereocenters. The molecule has 0 spiro atoms.